The number of methoxy groups -OCH3 is 4. The Morgan fingerprint density at radius 2 is 1.57 bits per heavy atom. The minimum Gasteiger partial charge on any atom is -0.507 e. The van der Waals surface area contributed by atoms with Crippen LogP contribution in [0, 0.1) is 0 Å². The third kappa shape index (κ3) is 3.14. The van der Waals surface area contributed by atoms with Crippen molar-refractivity contribution in [2.45, 2.75) is 0 Å². The highest BCUT2D eigenvalue weighted by atomic mass is 16.5. The van der Waals surface area contributed by atoms with Crippen LogP contribution in [0.4, 0.5) is 0 Å². The Hall–Kier alpha value is -3.87. The van der Waals surface area contributed by atoms with Crippen LogP contribution < -0.4 is 18.9 Å². The third-order valence-corrected chi connectivity index (χ3v) is 4.84. The van der Waals surface area contributed by atoms with E-state index in [-0.39, 0.29) is 11.6 Å². The van der Waals surface area contributed by atoms with Crippen LogP contribution in [-0.2, 0) is 0 Å². The van der Waals surface area contributed by atoms with Crippen molar-refractivity contribution in [3.8, 4) is 51.3 Å². The molecule has 154 valence electrons. The number of aromatic hydroxyl groups is 1. The Balaban J connectivity index is 1.85. The molecule has 0 saturated carbocycles. The molecule has 0 aliphatic rings. The molecule has 4 rings (SSSR count). The van der Waals surface area contributed by atoms with Crippen LogP contribution in [0.25, 0.3) is 33.7 Å². The summed E-state index contributed by atoms with van der Waals surface area (Å²) in [5.74, 6) is 2.42. The fraction of sp³-hybridized carbons (Fsp3) is 0.174. The Morgan fingerprint density at radius 1 is 0.800 bits per heavy atom. The molecule has 7 nitrogen and oxygen atoms in total. The Bertz CT molecular complexity index is 1210. The van der Waals surface area contributed by atoms with Gasteiger partial charge in [0.1, 0.15) is 22.6 Å². The van der Waals surface area contributed by atoms with Gasteiger partial charge in [0.05, 0.1) is 28.4 Å². The first-order chi connectivity index (χ1) is 14.6. The van der Waals surface area contributed by atoms with Crippen LogP contribution in [0.2, 0.25) is 0 Å². The average molecular weight is 407 g/mol. The van der Waals surface area contributed by atoms with Gasteiger partial charge in [0.15, 0.2) is 17.1 Å². The second-order valence-electron chi connectivity index (χ2n) is 6.44. The number of fused-ring (bicyclic) bond motifs is 1. The number of hydrogen-bond acceptors (Lipinski definition) is 7. The Labute approximate surface area is 173 Å². The summed E-state index contributed by atoms with van der Waals surface area (Å²) in [5, 5.41) is 10.3. The summed E-state index contributed by atoms with van der Waals surface area (Å²) in [7, 11) is 6.25. The summed E-state index contributed by atoms with van der Waals surface area (Å²) in [6.45, 7) is 0. The number of nitrogens with zero attached hydrogens (tertiary/aromatic N) is 1. The van der Waals surface area contributed by atoms with Crippen molar-refractivity contribution < 1.29 is 28.5 Å². The zero-order chi connectivity index (χ0) is 21.3. The maximum atomic E-state index is 10.3. The first-order valence-electron chi connectivity index (χ1n) is 9.17. The first-order valence-corrected chi connectivity index (χ1v) is 9.17. The SMILES string of the molecule is COc1ccc(-c2ccc3nc(-c4c(O)cccc4OC)oc3c2)c(OC)c1OC. The van der Waals surface area contributed by atoms with Crippen LogP contribution in [0.15, 0.2) is 52.9 Å². The van der Waals surface area contributed by atoms with Crippen molar-refractivity contribution in [1.82, 2.24) is 4.98 Å². The minimum atomic E-state index is 0.0303. The van der Waals surface area contributed by atoms with E-state index in [1.54, 1.807) is 39.5 Å². The van der Waals surface area contributed by atoms with E-state index >= 15 is 0 Å². The molecule has 0 aliphatic carbocycles. The summed E-state index contributed by atoms with van der Waals surface area (Å²) in [4.78, 5) is 4.51. The normalized spacial score (nSPS) is 10.8. The van der Waals surface area contributed by atoms with Gasteiger partial charge in [-0.05, 0) is 42.0 Å². The van der Waals surface area contributed by atoms with E-state index in [0.29, 0.717) is 39.7 Å². The second kappa shape index (κ2) is 7.87. The zero-order valence-corrected chi connectivity index (χ0v) is 17.1. The molecule has 0 radical (unpaired) electrons. The molecular formula is C23H21NO6. The van der Waals surface area contributed by atoms with Crippen molar-refractivity contribution in [2.24, 2.45) is 0 Å². The average Bonchev–Trinajstić information content (AvgIpc) is 3.20. The number of benzene rings is 3. The molecule has 0 fully saturated rings. The number of phenolic OH excluding ortho intramolecular Hbond substituents is 1. The van der Waals surface area contributed by atoms with Gasteiger partial charge in [0.2, 0.25) is 11.6 Å². The molecule has 0 spiro atoms. The predicted octanol–water partition coefficient (Wildman–Crippen LogP) is 4.90. The highest BCUT2D eigenvalue weighted by Gasteiger charge is 2.20. The van der Waals surface area contributed by atoms with Crippen LogP contribution in [0.1, 0.15) is 0 Å². The summed E-state index contributed by atoms with van der Waals surface area (Å²) in [6.07, 6.45) is 0. The maximum Gasteiger partial charge on any atom is 0.234 e. The van der Waals surface area contributed by atoms with Gasteiger partial charge in [0, 0.05) is 5.56 Å². The molecule has 1 N–H and O–H groups in total. The van der Waals surface area contributed by atoms with Crippen molar-refractivity contribution in [1.29, 1.82) is 0 Å². The predicted molar refractivity (Wildman–Crippen MR) is 113 cm³/mol. The molecule has 0 amide bonds. The monoisotopic (exact) mass is 407 g/mol. The Kier molecular flexibility index (Phi) is 5.10. The van der Waals surface area contributed by atoms with Crippen molar-refractivity contribution in [3.63, 3.8) is 0 Å². The maximum absolute atomic E-state index is 10.3. The molecule has 0 atom stereocenters. The second-order valence-corrected chi connectivity index (χ2v) is 6.44. The van der Waals surface area contributed by atoms with Gasteiger partial charge in [-0.3, -0.25) is 0 Å². The molecule has 7 heteroatoms. The number of hydrogen-bond donors (Lipinski definition) is 1. The lowest BCUT2D eigenvalue weighted by molar-refractivity contribution is 0.325. The van der Waals surface area contributed by atoms with E-state index in [0.717, 1.165) is 11.1 Å². The number of aromatic nitrogens is 1. The fourth-order valence-electron chi connectivity index (χ4n) is 3.43. The molecule has 30 heavy (non-hydrogen) atoms. The number of ether oxygens (including phenoxy) is 4. The lowest BCUT2D eigenvalue weighted by Gasteiger charge is -2.15. The highest BCUT2D eigenvalue weighted by Crippen LogP contribution is 2.45. The van der Waals surface area contributed by atoms with E-state index in [9.17, 15) is 5.11 Å². The summed E-state index contributed by atoms with van der Waals surface area (Å²) < 4.78 is 27.7. The lowest BCUT2D eigenvalue weighted by atomic mass is 10.0. The summed E-state index contributed by atoms with van der Waals surface area (Å²) in [5.41, 5.74) is 3.28. The molecular weight excluding hydrogens is 386 g/mol. The molecule has 1 heterocycles. The fourth-order valence-corrected chi connectivity index (χ4v) is 3.43. The lowest BCUT2D eigenvalue weighted by Crippen LogP contribution is -1.96. The zero-order valence-electron chi connectivity index (χ0n) is 17.1. The summed E-state index contributed by atoms with van der Waals surface area (Å²) in [6, 6.07) is 14.3. The van der Waals surface area contributed by atoms with E-state index in [1.165, 1.54) is 7.11 Å². The number of rotatable bonds is 6. The van der Waals surface area contributed by atoms with E-state index < -0.39 is 0 Å². The van der Waals surface area contributed by atoms with Crippen LogP contribution in [-0.4, -0.2) is 38.5 Å². The minimum absolute atomic E-state index is 0.0303. The molecule has 3 aromatic carbocycles. The van der Waals surface area contributed by atoms with E-state index in [2.05, 4.69) is 4.98 Å². The van der Waals surface area contributed by atoms with Crippen molar-refractivity contribution in [3.05, 3.63) is 48.5 Å². The standard InChI is InChI=1S/C23H21NO6/c1-26-17-7-5-6-16(25)20(17)23-24-15-10-8-13(12-19(15)30-23)14-9-11-18(27-2)22(29-4)21(14)28-3/h5-12,25H,1-4H3. The topological polar surface area (TPSA) is 83.2 Å². The van der Waals surface area contributed by atoms with Gasteiger partial charge in [0.25, 0.3) is 0 Å². The largest absolute Gasteiger partial charge is 0.507 e. The van der Waals surface area contributed by atoms with E-state index in [1.807, 2.05) is 30.3 Å². The molecule has 1 aromatic heterocycles. The van der Waals surface area contributed by atoms with Crippen LogP contribution >= 0.6 is 0 Å². The van der Waals surface area contributed by atoms with Gasteiger partial charge in [-0.1, -0.05) is 12.1 Å². The van der Waals surface area contributed by atoms with Gasteiger partial charge < -0.3 is 28.5 Å². The van der Waals surface area contributed by atoms with Crippen LogP contribution in [0.5, 0.6) is 28.7 Å². The quantitative estimate of drug-likeness (QED) is 0.487. The van der Waals surface area contributed by atoms with Gasteiger partial charge in [-0.15, -0.1) is 0 Å². The van der Waals surface area contributed by atoms with Crippen LogP contribution in [0.3, 0.4) is 0 Å². The van der Waals surface area contributed by atoms with Gasteiger partial charge in [-0.2, -0.15) is 0 Å². The smallest absolute Gasteiger partial charge is 0.234 e. The molecule has 4 aromatic rings. The number of oxazole rings is 1. The van der Waals surface area contributed by atoms with Gasteiger partial charge in [-0.25, -0.2) is 4.98 Å². The highest BCUT2D eigenvalue weighted by molar-refractivity contribution is 5.86. The molecule has 0 unspecified atom stereocenters. The van der Waals surface area contributed by atoms with Crippen molar-refractivity contribution >= 4 is 11.1 Å². The molecule has 0 bridgehead atoms. The Morgan fingerprint density at radius 3 is 2.27 bits per heavy atom. The van der Waals surface area contributed by atoms with E-state index in [4.69, 9.17) is 23.4 Å². The third-order valence-electron chi connectivity index (χ3n) is 4.84. The summed E-state index contributed by atoms with van der Waals surface area (Å²) >= 11 is 0. The molecule has 0 saturated heterocycles. The van der Waals surface area contributed by atoms with Crippen molar-refractivity contribution in [2.75, 3.05) is 28.4 Å². The molecule has 0 aliphatic heterocycles. The van der Waals surface area contributed by atoms with Gasteiger partial charge >= 0.3 is 0 Å². The number of phenols is 1. The first kappa shape index (κ1) is 19.4.